The van der Waals surface area contributed by atoms with E-state index in [-0.39, 0.29) is 31.6 Å². The number of fused-ring (bicyclic) bond motifs is 7. The molecule has 0 spiro atoms. The lowest BCUT2D eigenvalue weighted by Gasteiger charge is -2.35. The molecule has 0 radical (unpaired) electrons. The van der Waals surface area contributed by atoms with Gasteiger partial charge in [0.2, 0.25) is 12.0 Å². The van der Waals surface area contributed by atoms with Crippen LogP contribution in [0, 0.1) is 13.8 Å². The van der Waals surface area contributed by atoms with Gasteiger partial charge < -0.3 is 47.9 Å². The molecule has 14 nitrogen and oxygen atoms in total. The summed E-state index contributed by atoms with van der Waals surface area (Å²) in [5, 5.41) is 12.4. The highest BCUT2D eigenvalue weighted by Gasteiger charge is 2.35. The molecule has 72 heavy (non-hydrogen) atoms. The van der Waals surface area contributed by atoms with Gasteiger partial charge in [0.1, 0.15) is 42.0 Å². The van der Waals surface area contributed by atoms with E-state index >= 15 is 0 Å². The van der Waals surface area contributed by atoms with Crippen molar-refractivity contribution < 1.29 is 47.8 Å². The molecule has 10 rings (SSSR count). The minimum atomic E-state index is -1.35. The molecular weight excluding hydrogens is 980 g/mol. The van der Waals surface area contributed by atoms with Crippen molar-refractivity contribution in [1.29, 1.82) is 0 Å². The number of halogens is 2. The van der Waals surface area contributed by atoms with Crippen LogP contribution in [0.15, 0.2) is 48.8 Å². The number of thiophene rings is 1. The van der Waals surface area contributed by atoms with E-state index in [2.05, 4.69) is 46.1 Å². The molecule has 388 valence electrons. The number of carbonyl (C=O) groups is 1. The molecule has 3 aromatic carbocycles. The maximum absolute atomic E-state index is 13.4. The zero-order chi connectivity index (χ0) is 50.1. The molecule has 3 fully saturated rings. The van der Waals surface area contributed by atoms with E-state index in [9.17, 15) is 9.90 Å². The highest BCUT2D eigenvalue weighted by molar-refractivity contribution is 7.19. The Labute approximate surface area is 437 Å². The molecule has 0 amide bonds. The molecule has 0 unspecified atom stereocenters. The SMILES string of the molecule is COCCOCCOCCOC1CCC(c2cccc(COc3ccc4cc3C[C@H](C(=O)O)Oc3ncnc5sc(C6CCC6)c(c35)-c3c(C)c(Cl)c(c(Cl)c3C)O[C@H](CN3CCN(C)CC3)CO4)c2)CC1. The summed E-state index contributed by atoms with van der Waals surface area (Å²) in [6.07, 6.45) is 7.05. The molecule has 5 aromatic rings. The number of aliphatic carboxylic acids is 1. The maximum Gasteiger partial charge on any atom is 0.345 e. The van der Waals surface area contributed by atoms with Crippen LogP contribution >= 0.6 is 34.5 Å². The van der Waals surface area contributed by atoms with Gasteiger partial charge in [-0.3, -0.25) is 4.90 Å². The van der Waals surface area contributed by atoms with Crippen LogP contribution in [-0.2, 0) is 36.8 Å². The van der Waals surface area contributed by atoms with Crippen molar-refractivity contribution in [2.45, 2.75) is 102 Å². The number of carboxylic acids is 1. The van der Waals surface area contributed by atoms with Gasteiger partial charge >= 0.3 is 5.97 Å². The van der Waals surface area contributed by atoms with Crippen LogP contribution in [0.1, 0.15) is 89.5 Å². The van der Waals surface area contributed by atoms with Crippen LogP contribution in [0.4, 0.5) is 0 Å². The van der Waals surface area contributed by atoms with Gasteiger partial charge in [-0.15, -0.1) is 11.3 Å². The number of aromatic nitrogens is 2. The van der Waals surface area contributed by atoms with Crippen molar-refractivity contribution >= 4 is 50.7 Å². The summed E-state index contributed by atoms with van der Waals surface area (Å²) in [6.45, 7) is 12.0. The van der Waals surface area contributed by atoms with Crippen molar-refractivity contribution in [2.75, 3.05) is 93.1 Å². The number of rotatable bonds is 18. The fourth-order valence-corrected chi connectivity index (χ4v) is 12.1. The largest absolute Gasteiger partial charge is 0.490 e. The summed E-state index contributed by atoms with van der Waals surface area (Å²) in [7, 11) is 3.79. The Balaban J connectivity index is 0.972. The second kappa shape index (κ2) is 24.8. The molecule has 17 heteroatoms. The Hall–Kier alpha value is -4.29. The topological polar surface area (TPSA) is 143 Å². The summed E-state index contributed by atoms with van der Waals surface area (Å²) in [5.41, 5.74) is 6.26. The minimum absolute atomic E-state index is 0.0334. The Bertz CT molecular complexity index is 2600. The van der Waals surface area contributed by atoms with E-state index in [0.29, 0.717) is 101 Å². The number of methoxy groups -OCH3 is 1. The van der Waals surface area contributed by atoms with Gasteiger partial charge in [-0.05, 0) is 117 Å². The number of piperazine rings is 1. The summed E-state index contributed by atoms with van der Waals surface area (Å²) in [6, 6.07) is 14.1. The quantitative estimate of drug-likeness (QED) is 0.0832. The zero-order valence-corrected chi connectivity index (χ0v) is 44.3. The molecule has 3 aliphatic heterocycles. The Morgan fingerprint density at radius 2 is 1.58 bits per heavy atom. The highest BCUT2D eigenvalue weighted by Crippen LogP contribution is 2.54. The normalized spacial score (nSPS) is 21.1. The third kappa shape index (κ3) is 12.6. The standard InChI is InChI=1S/C55H68Cl2N4O10S/c1-34-46-35(2)50(57)51(49(34)56)70-43(30-61-19-17-60(3)18-20-61)32-68-42-15-16-44(40(28-42)29-45(55(62)63)71-53-48-47(46)52(38-8-6-9-38)72-54(48)59-33-58-53)69-31-36-7-5-10-39(27-36)37-11-13-41(14-12-37)67-26-25-66-24-23-65-22-21-64-4/h5,7,10,15-16,27-28,33,37-38,41,43,45H,6,8-9,11-14,17-26,29-32H2,1-4H3,(H,62,63)/t37?,41?,43-,45-/m1/s1. The molecule has 1 N–H and O–H groups in total. The summed E-state index contributed by atoms with van der Waals surface area (Å²) < 4.78 is 49.0. The van der Waals surface area contributed by atoms with Crippen LogP contribution < -0.4 is 18.9 Å². The summed E-state index contributed by atoms with van der Waals surface area (Å²) >= 11 is 16.3. The van der Waals surface area contributed by atoms with Gasteiger partial charge in [-0.1, -0.05) is 53.9 Å². The molecule has 4 bridgehead atoms. The van der Waals surface area contributed by atoms with Crippen molar-refractivity contribution in [3.63, 3.8) is 0 Å². The summed E-state index contributed by atoms with van der Waals surface area (Å²) in [5.74, 6) is 1.23. The molecular formula is C55H68Cl2N4O10S. The predicted octanol–water partition coefficient (Wildman–Crippen LogP) is 10.3. The monoisotopic (exact) mass is 1050 g/mol. The van der Waals surface area contributed by atoms with Crippen molar-refractivity contribution in [1.82, 2.24) is 19.8 Å². The van der Waals surface area contributed by atoms with Crippen LogP contribution in [0.3, 0.4) is 0 Å². The zero-order valence-electron chi connectivity index (χ0n) is 41.9. The molecule has 5 aliphatic rings. The first-order valence-electron chi connectivity index (χ1n) is 25.5. The molecule has 1 saturated heterocycles. The smallest absolute Gasteiger partial charge is 0.345 e. The Kier molecular flexibility index (Phi) is 18.1. The first kappa shape index (κ1) is 52.6. The van der Waals surface area contributed by atoms with E-state index in [1.807, 2.05) is 32.0 Å². The molecule has 2 atom stereocenters. The van der Waals surface area contributed by atoms with Crippen molar-refractivity contribution in [3.8, 4) is 34.3 Å². The van der Waals surface area contributed by atoms with Crippen LogP contribution in [-0.4, -0.2) is 142 Å². The van der Waals surface area contributed by atoms with Gasteiger partial charge in [0, 0.05) is 62.3 Å². The highest BCUT2D eigenvalue weighted by atomic mass is 35.5. The minimum Gasteiger partial charge on any atom is -0.490 e. The number of benzene rings is 3. The third-order valence-corrected chi connectivity index (χ3v) is 16.8. The van der Waals surface area contributed by atoms with Crippen molar-refractivity contribution in [2.24, 2.45) is 0 Å². The summed E-state index contributed by atoms with van der Waals surface area (Å²) in [4.78, 5) is 29.3. The van der Waals surface area contributed by atoms with Crippen molar-refractivity contribution in [3.05, 3.63) is 91.5 Å². The lowest BCUT2D eigenvalue weighted by Crippen LogP contribution is -2.49. The molecule has 5 heterocycles. The molecule has 2 aromatic heterocycles. The number of nitrogens with zero attached hydrogens (tertiary/aromatic N) is 4. The van der Waals surface area contributed by atoms with Gasteiger partial charge in [-0.2, -0.15) is 0 Å². The van der Waals surface area contributed by atoms with Gasteiger partial charge in [-0.25, -0.2) is 14.8 Å². The lowest BCUT2D eigenvalue weighted by atomic mass is 9.80. The Morgan fingerprint density at radius 3 is 2.29 bits per heavy atom. The molecule has 2 saturated carbocycles. The third-order valence-electron chi connectivity index (χ3n) is 14.6. The van der Waals surface area contributed by atoms with Crippen LogP contribution in [0.2, 0.25) is 10.0 Å². The second-order valence-corrected chi connectivity index (χ2v) is 21.4. The number of hydrogen-bond donors (Lipinski definition) is 1. The van der Waals surface area contributed by atoms with Gasteiger partial charge in [0.25, 0.3) is 0 Å². The fourth-order valence-electron chi connectivity index (χ4n) is 10.3. The van der Waals surface area contributed by atoms with E-state index in [1.165, 1.54) is 11.9 Å². The average Bonchev–Trinajstić information content (AvgIpc) is 3.74. The fraction of sp³-hybridized carbons (Fsp3) is 0.545. The van der Waals surface area contributed by atoms with Crippen LogP contribution in [0.5, 0.6) is 23.1 Å². The average molecular weight is 1050 g/mol. The Morgan fingerprint density at radius 1 is 0.847 bits per heavy atom. The lowest BCUT2D eigenvalue weighted by molar-refractivity contribution is -0.145. The van der Waals surface area contributed by atoms with E-state index in [1.54, 1.807) is 18.4 Å². The number of carboxylic acid groups (broad SMARTS) is 1. The number of likely N-dealkylation sites (N-methyl/N-ethyl adjacent to an activating group) is 1. The second-order valence-electron chi connectivity index (χ2n) is 19.6. The van der Waals surface area contributed by atoms with E-state index in [4.69, 9.17) is 66.1 Å². The number of hydrogen-bond acceptors (Lipinski definition) is 14. The van der Waals surface area contributed by atoms with Gasteiger partial charge in [0.15, 0.2) is 5.75 Å². The van der Waals surface area contributed by atoms with Gasteiger partial charge in [0.05, 0.1) is 61.2 Å². The maximum atomic E-state index is 13.4. The molecule has 2 aliphatic carbocycles. The number of ether oxygens (including phenoxy) is 8. The first-order chi connectivity index (χ1) is 35.0. The van der Waals surface area contributed by atoms with E-state index in [0.717, 1.165) is 104 Å². The first-order valence-corrected chi connectivity index (χ1v) is 27.1. The van der Waals surface area contributed by atoms with E-state index < -0.39 is 18.2 Å². The predicted molar refractivity (Wildman–Crippen MR) is 280 cm³/mol. The van der Waals surface area contributed by atoms with Crippen LogP contribution in [0.25, 0.3) is 21.3 Å².